The molecule has 47 heavy (non-hydrogen) atoms. The van der Waals surface area contributed by atoms with Gasteiger partial charge in [0.15, 0.2) is 0 Å². The molecule has 0 aliphatic rings. The van der Waals surface area contributed by atoms with Crippen molar-refractivity contribution in [2.24, 2.45) is 0 Å². The first-order valence-corrected chi connectivity index (χ1v) is 15.5. The molecule has 0 amide bonds. The van der Waals surface area contributed by atoms with Gasteiger partial charge in [0.1, 0.15) is 11.5 Å². The third kappa shape index (κ3) is 10.4. The van der Waals surface area contributed by atoms with Gasteiger partial charge < -0.3 is 17.1 Å². The van der Waals surface area contributed by atoms with Crippen molar-refractivity contribution >= 4 is 0 Å². The Bertz CT molecular complexity index is 1570. The Morgan fingerprint density at radius 3 is 0.894 bits per heavy atom. The molecule has 0 atom stereocenters. The topological polar surface area (TPSA) is 40.5 Å². The molecule has 0 aliphatic heterocycles. The molecule has 0 saturated carbocycles. The van der Waals surface area contributed by atoms with Gasteiger partial charge in [-0.2, -0.15) is 6.42 Å². The first-order chi connectivity index (χ1) is 22.4. The quantitative estimate of drug-likeness (QED) is 0.139. The molecule has 6 aromatic carbocycles. The van der Waals surface area contributed by atoms with Gasteiger partial charge in [-0.1, -0.05) is 165 Å². The van der Waals surface area contributed by atoms with E-state index < -0.39 is 0 Å². The summed E-state index contributed by atoms with van der Waals surface area (Å²) in [7, 11) is 0. The summed E-state index contributed by atoms with van der Waals surface area (Å²) in [4.78, 5) is 0. The van der Waals surface area contributed by atoms with Gasteiger partial charge in [0.25, 0.3) is 0 Å². The molecule has 0 radical (unpaired) electrons. The van der Waals surface area contributed by atoms with E-state index in [1.165, 1.54) is 11.1 Å². The summed E-state index contributed by atoms with van der Waals surface area (Å²) in [6, 6.07) is 51.5. The van der Waals surface area contributed by atoms with Crippen molar-refractivity contribution in [3.63, 3.8) is 0 Å². The molecular formula is C44H42O2Ti. The number of benzene rings is 6. The molecule has 0 aromatic heterocycles. The fraction of sp³-hybridized carbons (Fsp3) is 0.0909. The smallest absolute Gasteiger partial charge is 0.507 e. The van der Waals surface area contributed by atoms with Crippen molar-refractivity contribution in [2.45, 2.75) is 26.7 Å². The van der Waals surface area contributed by atoms with E-state index in [0.29, 0.717) is 11.5 Å². The first kappa shape index (κ1) is 36.7. The fourth-order valence-corrected chi connectivity index (χ4v) is 4.97. The van der Waals surface area contributed by atoms with Crippen LogP contribution >= 0.6 is 0 Å². The molecule has 2 N–H and O–H groups in total. The minimum atomic E-state index is 0. The number of hydrogen-bond acceptors (Lipinski definition) is 2. The van der Waals surface area contributed by atoms with E-state index in [2.05, 4.69) is 20.8 Å². The minimum Gasteiger partial charge on any atom is -0.507 e. The van der Waals surface area contributed by atoms with Crippen LogP contribution in [-0.2, 0) is 21.7 Å². The summed E-state index contributed by atoms with van der Waals surface area (Å²) in [5, 5.41) is 21.0. The zero-order valence-corrected chi connectivity index (χ0v) is 28.8. The number of phenols is 2. The van der Waals surface area contributed by atoms with Crippen molar-refractivity contribution in [3.05, 3.63) is 183 Å². The number of hydrogen-bond donors (Lipinski definition) is 2. The number of allylic oxidation sites excluding steroid dienone is 2. The van der Waals surface area contributed by atoms with E-state index in [-0.39, 0.29) is 21.7 Å². The molecule has 6 aromatic rings. The molecule has 3 heteroatoms. The van der Waals surface area contributed by atoms with E-state index in [9.17, 15) is 10.2 Å². The van der Waals surface area contributed by atoms with Crippen LogP contribution in [0.3, 0.4) is 0 Å². The van der Waals surface area contributed by atoms with Crippen molar-refractivity contribution in [3.8, 4) is 56.0 Å². The Balaban J connectivity index is 0.000000206. The average molecular weight is 651 g/mol. The third-order valence-electron chi connectivity index (χ3n) is 7.69. The Morgan fingerprint density at radius 1 is 0.447 bits per heavy atom. The standard InChI is InChI=1S/2C18H14O.C8H14.Ti/c2*19-18-16(14-8-3-1-4-9-14)12-7-13-17(18)15-10-5-2-6-11-15;1-5-6-8(4)7(2)3;/h2*1-13,19H;1-2,5-6H2,3-4H3;/q;;-2;+2/b;;8-7+;. The van der Waals surface area contributed by atoms with Crippen molar-refractivity contribution in [2.75, 3.05) is 0 Å². The molecule has 0 heterocycles. The second kappa shape index (κ2) is 19.0. The molecule has 6 rings (SSSR count). The van der Waals surface area contributed by atoms with Crippen LogP contribution in [0.15, 0.2) is 169 Å². The van der Waals surface area contributed by atoms with Gasteiger partial charge in [-0.15, -0.1) is 13.3 Å². The van der Waals surface area contributed by atoms with Crippen LogP contribution in [0.4, 0.5) is 0 Å². The zero-order valence-electron chi connectivity index (χ0n) is 27.2. The zero-order chi connectivity index (χ0) is 32.7. The molecule has 0 spiro atoms. The van der Waals surface area contributed by atoms with E-state index in [4.69, 9.17) is 0 Å². The van der Waals surface area contributed by atoms with Crippen LogP contribution in [0.5, 0.6) is 11.5 Å². The summed E-state index contributed by atoms with van der Waals surface area (Å²) < 4.78 is 0. The van der Waals surface area contributed by atoms with Gasteiger partial charge in [-0.3, -0.25) is 0 Å². The third-order valence-corrected chi connectivity index (χ3v) is 7.69. The molecule has 0 bridgehead atoms. The number of para-hydroxylation sites is 2. The molecule has 0 aliphatic carbocycles. The summed E-state index contributed by atoms with van der Waals surface area (Å²) in [6.45, 7) is 11.7. The molecule has 2 nitrogen and oxygen atoms in total. The van der Waals surface area contributed by atoms with Gasteiger partial charge in [0.2, 0.25) is 0 Å². The Morgan fingerprint density at radius 2 is 0.702 bits per heavy atom. The number of phenolic OH excluding ortho intramolecular Hbond substituents is 2. The monoisotopic (exact) mass is 650 g/mol. The van der Waals surface area contributed by atoms with Crippen molar-refractivity contribution in [1.82, 2.24) is 0 Å². The van der Waals surface area contributed by atoms with E-state index in [1.807, 2.05) is 165 Å². The van der Waals surface area contributed by atoms with Gasteiger partial charge in [0, 0.05) is 22.3 Å². The molecule has 234 valence electrons. The van der Waals surface area contributed by atoms with Gasteiger partial charge >= 0.3 is 21.7 Å². The second-order valence-electron chi connectivity index (χ2n) is 11.0. The molecular weight excluding hydrogens is 608 g/mol. The van der Waals surface area contributed by atoms with E-state index >= 15 is 0 Å². The Kier molecular flexibility index (Phi) is 14.9. The van der Waals surface area contributed by atoms with Gasteiger partial charge in [0.05, 0.1) is 0 Å². The maximum absolute atomic E-state index is 10.5. The predicted octanol–water partition coefficient (Wildman–Crippen LogP) is 12.2. The summed E-state index contributed by atoms with van der Waals surface area (Å²) in [6.07, 6.45) is 2.08. The minimum absolute atomic E-state index is 0. The van der Waals surface area contributed by atoms with Gasteiger partial charge in [-0.05, 0) is 22.3 Å². The maximum atomic E-state index is 10.5. The molecule has 0 unspecified atom stereocenters. The fourth-order valence-electron chi connectivity index (χ4n) is 4.97. The van der Waals surface area contributed by atoms with Crippen LogP contribution in [-0.4, -0.2) is 10.2 Å². The maximum Gasteiger partial charge on any atom is 2.00 e. The summed E-state index contributed by atoms with van der Waals surface area (Å²) >= 11 is 0. The van der Waals surface area contributed by atoms with Crippen LogP contribution in [0.2, 0.25) is 0 Å². The average Bonchev–Trinajstić information content (AvgIpc) is 3.11. The first-order valence-electron chi connectivity index (χ1n) is 15.5. The van der Waals surface area contributed by atoms with Crippen molar-refractivity contribution < 1.29 is 31.9 Å². The van der Waals surface area contributed by atoms with E-state index in [1.54, 1.807) is 0 Å². The summed E-state index contributed by atoms with van der Waals surface area (Å²) in [5.41, 5.74) is 10.1. The van der Waals surface area contributed by atoms with Crippen LogP contribution in [0.1, 0.15) is 26.7 Å². The molecule has 0 saturated heterocycles. The van der Waals surface area contributed by atoms with Gasteiger partial charge in [-0.25, -0.2) is 18.1 Å². The van der Waals surface area contributed by atoms with Crippen LogP contribution < -0.4 is 0 Å². The van der Waals surface area contributed by atoms with Crippen molar-refractivity contribution in [1.29, 1.82) is 0 Å². The Labute approximate surface area is 296 Å². The van der Waals surface area contributed by atoms with Crippen LogP contribution in [0.25, 0.3) is 44.5 Å². The number of rotatable bonds is 6. The number of aromatic hydroxyl groups is 2. The summed E-state index contributed by atoms with van der Waals surface area (Å²) in [5.74, 6) is 0.666. The largest absolute Gasteiger partial charge is 2.00 e. The van der Waals surface area contributed by atoms with E-state index in [0.717, 1.165) is 57.3 Å². The predicted molar refractivity (Wildman–Crippen MR) is 196 cm³/mol. The second-order valence-corrected chi connectivity index (χ2v) is 11.0. The van der Waals surface area contributed by atoms with Crippen LogP contribution in [0, 0.1) is 13.8 Å². The Hall–Kier alpha value is -4.76. The molecule has 0 fully saturated rings. The SMILES string of the molecule is Oc1c(-c2ccccc2)cccc1-c1ccccc1.Oc1c(-c2ccccc2)cccc1-c1ccccc1.[CH2-]CC/C(C)=C(\[CH2-])C.[Ti+2]. The normalized spacial score (nSPS) is 10.6.